The van der Waals surface area contributed by atoms with E-state index in [0.717, 1.165) is 17.1 Å². The van der Waals surface area contributed by atoms with Crippen LogP contribution in [0.2, 0.25) is 0 Å². The zero-order valence-corrected chi connectivity index (χ0v) is 12.5. The molecule has 1 aromatic rings. The van der Waals surface area contributed by atoms with Crippen LogP contribution < -0.4 is 16.0 Å². The summed E-state index contributed by atoms with van der Waals surface area (Å²) in [5.41, 5.74) is 0.607. The van der Waals surface area contributed by atoms with Crippen LogP contribution in [0.4, 0.5) is 4.79 Å². The molecule has 0 saturated heterocycles. The van der Waals surface area contributed by atoms with E-state index in [1.165, 1.54) is 7.05 Å². The molecule has 0 aliphatic carbocycles. The Morgan fingerprint density at radius 3 is 2.63 bits per heavy atom. The Kier molecular flexibility index (Phi) is 5.44. The zero-order valence-electron chi connectivity index (χ0n) is 11.7. The standard InChI is InChI=1S/C12H20N4O2S/c1-5-12(3,10-15-8(2)7-19-10)14-6-9(17)16-11(18)13-4/h7,14H,5-6H2,1-4H3,(H2,13,16,17,18)/t12-/m1/s1. The third kappa shape index (κ3) is 4.29. The molecule has 7 heteroatoms. The van der Waals surface area contributed by atoms with Gasteiger partial charge in [-0.3, -0.25) is 15.4 Å². The van der Waals surface area contributed by atoms with E-state index in [1.807, 2.05) is 26.2 Å². The van der Waals surface area contributed by atoms with Crippen molar-refractivity contribution < 1.29 is 9.59 Å². The van der Waals surface area contributed by atoms with E-state index in [9.17, 15) is 9.59 Å². The number of rotatable bonds is 5. The molecule has 6 nitrogen and oxygen atoms in total. The smallest absolute Gasteiger partial charge is 0.321 e. The summed E-state index contributed by atoms with van der Waals surface area (Å²) in [6.45, 7) is 6.03. The van der Waals surface area contributed by atoms with Crippen molar-refractivity contribution in [3.8, 4) is 0 Å². The lowest BCUT2D eigenvalue weighted by molar-refractivity contribution is -0.119. The third-order valence-corrected chi connectivity index (χ3v) is 4.14. The van der Waals surface area contributed by atoms with Gasteiger partial charge in [-0.05, 0) is 20.3 Å². The Balaban J connectivity index is 2.62. The number of nitrogens with zero attached hydrogens (tertiary/aromatic N) is 1. The van der Waals surface area contributed by atoms with Gasteiger partial charge in [-0.1, -0.05) is 6.92 Å². The van der Waals surface area contributed by atoms with Crippen molar-refractivity contribution in [1.29, 1.82) is 0 Å². The lowest BCUT2D eigenvalue weighted by Crippen LogP contribution is -2.47. The van der Waals surface area contributed by atoms with Gasteiger partial charge in [0.15, 0.2) is 0 Å². The topological polar surface area (TPSA) is 83.1 Å². The predicted octanol–water partition coefficient (Wildman–Crippen LogP) is 1.12. The molecule has 0 unspecified atom stereocenters. The number of urea groups is 1. The first kappa shape index (κ1) is 15.6. The molecular formula is C12H20N4O2S. The lowest BCUT2D eigenvalue weighted by atomic mass is 10.00. The van der Waals surface area contributed by atoms with Crippen molar-refractivity contribution in [2.45, 2.75) is 32.7 Å². The van der Waals surface area contributed by atoms with Crippen LogP contribution >= 0.6 is 11.3 Å². The Morgan fingerprint density at radius 2 is 2.16 bits per heavy atom. The van der Waals surface area contributed by atoms with Crippen LogP contribution in [0.1, 0.15) is 31.0 Å². The summed E-state index contributed by atoms with van der Waals surface area (Å²) in [6, 6.07) is -0.505. The molecule has 0 aromatic carbocycles. The van der Waals surface area contributed by atoms with Gasteiger partial charge in [0.05, 0.1) is 12.1 Å². The second-order valence-electron chi connectivity index (χ2n) is 4.46. The number of carbonyl (C=O) groups is 2. The van der Waals surface area contributed by atoms with E-state index >= 15 is 0 Å². The van der Waals surface area contributed by atoms with Crippen molar-refractivity contribution in [3.63, 3.8) is 0 Å². The zero-order chi connectivity index (χ0) is 14.5. The highest BCUT2D eigenvalue weighted by Gasteiger charge is 2.28. The number of nitrogens with one attached hydrogen (secondary N) is 3. The maximum atomic E-state index is 11.6. The van der Waals surface area contributed by atoms with Gasteiger partial charge in [-0.2, -0.15) is 0 Å². The van der Waals surface area contributed by atoms with Gasteiger partial charge < -0.3 is 5.32 Å². The number of imide groups is 1. The monoisotopic (exact) mass is 284 g/mol. The number of amides is 3. The maximum absolute atomic E-state index is 11.6. The number of carbonyl (C=O) groups excluding carboxylic acids is 2. The second kappa shape index (κ2) is 6.63. The van der Waals surface area contributed by atoms with E-state index in [-0.39, 0.29) is 18.0 Å². The summed E-state index contributed by atoms with van der Waals surface area (Å²) in [6.07, 6.45) is 0.799. The third-order valence-electron chi connectivity index (χ3n) is 2.92. The molecule has 0 bridgehead atoms. The Hall–Kier alpha value is -1.47. The van der Waals surface area contributed by atoms with E-state index in [4.69, 9.17) is 0 Å². The van der Waals surface area contributed by atoms with Crippen molar-refractivity contribution in [2.75, 3.05) is 13.6 Å². The minimum atomic E-state index is -0.505. The highest BCUT2D eigenvalue weighted by Crippen LogP contribution is 2.27. The average Bonchev–Trinajstić information content (AvgIpc) is 2.83. The van der Waals surface area contributed by atoms with Crippen LogP contribution in [0.15, 0.2) is 5.38 Å². The second-order valence-corrected chi connectivity index (χ2v) is 5.32. The van der Waals surface area contributed by atoms with Gasteiger partial charge in [0.2, 0.25) is 5.91 Å². The molecule has 0 aliphatic heterocycles. The number of aryl methyl sites for hydroxylation is 1. The van der Waals surface area contributed by atoms with Crippen LogP contribution in [0.5, 0.6) is 0 Å². The summed E-state index contributed by atoms with van der Waals surface area (Å²) < 4.78 is 0. The van der Waals surface area contributed by atoms with E-state index in [0.29, 0.717) is 0 Å². The molecular weight excluding hydrogens is 264 g/mol. The Morgan fingerprint density at radius 1 is 1.47 bits per heavy atom. The molecule has 19 heavy (non-hydrogen) atoms. The van der Waals surface area contributed by atoms with Gasteiger partial charge in [-0.25, -0.2) is 9.78 Å². The first-order valence-corrected chi connectivity index (χ1v) is 6.98. The number of thiazole rings is 1. The molecule has 1 aromatic heterocycles. The first-order chi connectivity index (χ1) is 8.91. The van der Waals surface area contributed by atoms with E-state index in [1.54, 1.807) is 11.3 Å². The molecule has 3 amide bonds. The van der Waals surface area contributed by atoms with Crippen molar-refractivity contribution >= 4 is 23.3 Å². The van der Waals surface area contributed by atoms with Gasteiger partial charge in [-0.15, -0.1) is 11.3 Å². The van der Waals surface area contributed by atoms with Crippen LogP contribution in [-0.2, 0) is 10.3 Å². The fourth-order valence-corrected chi connectivity index (χ4v) is 2.48. The quantitative estimate of drug-likeness (QED) is 0.756. The van der Waals surface area contributed by atoms with Crippen LogP contribution in [0.3, 0.4) is 0 Å². The average molecular weight is 284 g/mol. The van der Waals surface area contributed by atoms with Crippen LogP contribution in [0.25, 0.3) is 0 Å². The molecule has 0 saturated carbocycles. The Labute approximate surface area is 117 Å². The largest absolute Gasteiger partial charge is 0.341 e. The fraction of sp³-hybridized carbons (Fsp3) is 0.583. The number of aromatic nitrogens is 1. The van der Waals surface area contributed by atoms with Crippen molar-refractivity contribution in [1.82, 2.24) is 20.9 Å². The molecule has 0 fully saturated rings. The molecule has 1 atom stereocenters. The van der Waals surface area contributed by atoms with Gasteiger partial charge in [0, 0.05) is 18.1 Å². The fourth-order valence-electron chi connectivity index (χ4n) is 1.47. The van der Waals surface area contributed by atoms with E-state index in [2.05, 4.69) is 20.9 Å². The molecule has 1 rings (SSSR count). The molecule has 3 N–H and O–H groups in total. The maximum Gasteiger partial charge on any atom is 0.321 e. The van der Waals surface area contributed by atoms with Crippen LogP contribution in [-0.4, -0.2) is 30.5 Å². The normalized spacial score (nSPS) is 13.7. The van der Waals surface area contributed by atoms with Crippen molar-refractivity contribution in [3.05, 3.63) is 16.1 Å². The van der Waals surface area contributed by atoms with Gasteiger partial charge >= 0.3 is 6.03 Å². The van der Waals surface area contributed by atoms with Crippen LogP contribution in [0, 0.1) is 6.92 Å². The summed E-state index contributed by atoms with van der Waals surface area (Å²) in [5, 5.41) is 10.6. The Bertz CT molecular complexity index is 460. The van der Waals surface area contributed by atoms with Crippen molar-refractivity contribution in [2.24, 2.45) is 0 Å². The molecule has 1 heterocycles. The molecule has 0 aliphatic rings. The highest BCUT2D eigenvalue weighted by atomic mass is 32.1. The molecule has 0 radical (unpaired) electrons. The minimum absolute atomic E-state index is 0.0659. The SMILES string of the molecule is CC[C@@](C)(NCC(=O)NC(=O)NC)c1nc(C)cs1. The summed E-state index contributed by atoms with van der Waals surface area (Å²) in [7, 11) is 1.46. The summed E-state index contributed by atoms with van der Waals surface area (Å²) >= 11 is 1.57. The summed E-state index contributed by atoms with van der Waals surface area (Å²) in [4.78, 5) is 27.0. The number of hydrogen-bond donors (Lipinski definition) is 3. The predicted molar refractivity (Wildman–Crippen MR) is 75.1 cm³/mol. The van der Waals surface area contributed by atoms with E-state index < -0.39 is 6.03 Å². The lowest BCUT2D eigenvalue weighted by Gasteiger charge is -2.27. The summed E-state index contributed by atoms with van der Waals surface area (Å²) in [5.74, 6) is -0.368. The first-order valence-electron chi connectivity index (χ1n) is 6.10. The number of hydrogen-bond acceptors (Lipinski definition) is 5. The highest BCUT2D eigenvalue weighted by molar-refractivity contribution is 7.09. The van der Waals surface area contributed by atoms with Gasteiger partial charge in [0.25, 0.3) is 0 Å². The molecule has 106 valence electrons. The van der Waals surface area contributed by atoms with Gasteiger partial charge in [0.1, 0.15) is 5.01 Å². The molecule has 0 spiro atoms. The minimum Gasteiger partial charge on any atom is -0.341 e.